The molecule has 0 radical (unpaired) electrons. The Bertz CT molecular complexity index is 690. The summed E-state index contributed by atoms with van der Waals surface area (Å²) in [7, 11) is 0. The summed E-state index contributed by atoms with van der Waals surface area (Å²) in [5.74, 6) is 0.698. The topological polar surface area (TPSA) is 25.2 Å². The van der Waals surface area contributed by atoms with Crippen molar-refractivity contribution in [3.8, 4) is 0 Å². The van der Waals surface area contributed by atoms with Crippen LogP contribution in [0.2, 0.25) is 0 Å². The standard InChI is InChI=1S/C16H16FNOS/c1-2-7-18-16(13-4-3-8-19-13)15-10-11-9-12(17)5-6-14(11)20-15/h3-6,8-10,16,18H,2,7H2,1H3. The van der Waals surface area contributed by atoms with Gasteiger partial charge in [0.1, 0.15) is 17.6 Å². The molecule has 104 valence electrons. The molecule has 2 nitrogen and oxygen atoms in total. The van der Waals surface area contributed by atoms with Crippen LogP contribution in [0.5, 0.6) is 0 Å². The third-order valence-corrected chi connectivity index (χ3v) is 4.39. The highest BCUT2D eigenvalue weighted by Crippen LogP contribution is 2.33. The van der Waals surface area contributed by atoms with Crippen LogP contribution in [-0.2, 0) is 0 Å². The minimum absolute atomic E-state index is 0.0328. The highest BCUT2D eigenvalue weighted by atomic mass is 32.1. The van der Waals surface area contributed by atoms with Crippen LogP contribution in [0.1, 0.15) is 30.0 Å². The van der Waals surface area contributed by atoms with E-state index >= 15 is 0 Å². The summed E-state index contributed by atoms with van der Waals surface area (Å²) in [5.41, 5.74) is 0. The molecule has 0 amide bonds. The summed E-state index contributed by atoms with van der Waals surface area (Å²) in [6.07, 6.45) is 2.74. The monoisotopic (exact) mass is 289 g/mol. The maximum atomic E-state index is 13.3. The van der Waals surface area contributed by atoms with E-state index in [0.29, 0.717) is 0 Å². The maximum Gasteiger partial charge on any atom is 0.126 e. The number of benzene rings is 1. The Morgan fingerprint density at radius 2 is 2.20 bits per heavy atom. The van der Waals surface area contributed by atoms with Gasteiger partial charge in [-0.05, 0) is 54.8 Å². The Morgan fingerprint density at radius 1 is 1.30 bits per heavy atom. The Hall–Kier alpha value is -1.65. The lowest BCUT2D eigenvalue weighted by atomic mass is 10.1. The summed E-state index contributed by atoms with van der Waals surface area (Å²) in [6, 6.07) is 10.8. The predicted octanol–water partition coefficient (Wildman–Crippen LogP) is 4.72. The molecular weight excluding hydrogens is 273 g/mol. The van der Waals surface area contributed by atoms with Gasteiger partial charge in [-0.2, -0.15) is 0 Å². The lowest BCUT2D eigenvalue weighted by Crippen LogP contribution is -2.21. The van der Waals surface area contributed by atoms with Crippen molar-refractivity contribution in [3.63, 3.8) is 0 Å². The Balaban J connectivity index is 1.99. The third-order valence-electron chi connectivity index (χ3n) is 3.21. The fourth-order valence-corrected chi connectivity index (χ4v) is 3.39. The van der Waals surface area contributed by atoms with Gasteiger partial charge in [0, 0.05) is 9.58 Å². The van der Waals surface area contributed by atoms with E-state index in [0.717, 1.165) is 33.7 Å². The molecule has 20 heavy (non-hydrogen) atoms. The highest BCUT2D eigenvalue weighted by Gasteiger charge is 2.18. The Morgan fingerprint density at radius 3 is 2.95 bits per heavy atom. The number of furan rings is 1. The minimum atomic E-state index is -0.196. The van der Waals surface area contributed by atoms with Crippen LogP contribution in [0.3, 0.4) is 0 Å². The molecule has 0 saturated heterocycles. The van der Waals surface area contributed by atoms with E-state index in [9.17, 15) is 4.39 Å². The van der Waals surface area contributed by atoms with Crippen molar-refractivity contribution in [1.82, 2.24) is 5.32 Å². The van der Waals surface area contributed by atoms with Gasteiger partial charge in [-0.25, -0.2) is 4.39 Å². The molecule has 0 aliphatic heterocycles. The number of halogens is 1. The second-order valence-electron chi connectivity index (χ2n) is 4.73. The van der Waals surface area contributed by atoms with Gasteiger partial charge >= 0.3 is 0 Å². The second kappa shape index (κ2) is 5.77. The molecule has 4 heteroatoms. The Labute approximate surface area is 121 Å². The average Bonchev–Trinajstić information content (AvgIpc) is 3.08. The largest absolute Gasteiger partial charge is 0.467 e. The first kappa shape index (κ1) is 13.3. The Kier molecular flexibility index (Phi) is 3.85. The molecule has 0 bridgehead atoms. The highest BCUT2D eigenvalue weighted by molar-refractivity contribution is 7.19. The fourth-order valence-electron chi connectivity index (χ4n) is 2.26. The molecule has 2 heterocycles. The van der Waals surface area contributed by atoms with Gasteiger partial charge in [-0.15, -0.1) is 11.3 Å². The quantitative estimate of drug-likeness (QED) is 0.735. The molecule has 0 fully saturated rings. The first-order valence-electron chi connectivity index (χ1n) is 6.73. The fraction of sp³-hybridized carbons (Fsp3) is 0.250. The van der Waals surface area contributed by atoms with E-state index < -0.39 is 0 Å². The predicted molar refractivity (Wildman–Crippen MR) is 80.6 cm³/mol. The number of thiophene rings is 1. The van der Waals surface area contributed by atoms with Crippen molar-refractivity contribution in [2.45, 2.75) is 19.4 Å². The van der Waals surface area contributed by atoms with Gasteiger partial charge in [0.25, 0.3) is 0 Å². The summed E-state index contributed by atoms with van der Waals surface area (Å²) >= 11 is 1.67. The molecule has 0 saturated carbocycles. The number of fused-ring (bicyclic) bond motifs is 1. The van der Waals surface area contributed by atoms with Gasteiger partial charge in [0.05, 0.1) is 6.26 Å². The molecule has 0 aliphatic rings. The van der Waals surface area contributed by atoms with Gasteiger partial charge in [-0.3, -0.25) is 0 Å². The second-order valence-corrected chi connectivity index (χ2v) is 5.85. The molecular formula is C16H16FNOS. The lowest BCUT2D eigenvalue weighted by molar-refractivity contribution is 0.450. The molecule has 3 rings (SSSR count). The van der Waals surface area contributed by atoms with E-state index in [4.69, 9.17) is 4.42 Å². The zero-order chi connectivity index (χ0) is 13.9. The van der Waals surface area contributed by atoms with Gasteiger partial charge in [-0.1, -0.05) is 6.92 Å². The van der Waals surface area contributed by atoms with Crippen molar-refractivity contribution >= 4 is 21.4 Å². The van der Waals surface area contributed by atoms with Crippen LogP contribution in [0.4, 0.5) is 4.39 Å². The van der Waals surface area contributed by atoms with Gasteiger partial charge in [0.2, 0.25) is 0 Å². The van der Waals surface area contributed by atoms with Gasteiger partial charge < -0.3 is 9.73 Å². The van der Waals surface area contributed by atoms with E-state index in [-0.39, 0.29) is 11.9 Å². The molecule has 2 aromatic heterocycles. The normalized spacial score (nSPS) is 12.9. The number of rotatable bonds is 5. The minimum Gasteiger partial charge on any atom is -0.467 e. The van der Waals surface area contributed by atoms with E-state index in [1.807, 2.05) is 24.3 Å². The van der Waals surface area contributed by atoms with Crippen LogP contribution in [0.15, 0.2) is 47.1 Å². The van der Waals surface area contributed by atoms with E-state index in [1.165, 1.54) is 6.07 Å². The number of hydrogen-bond donors (Lipinski definition) is 1. The third kappa shape index (κ3) is 2.62. The van der Waals surface area contributed by atoms with Crippen molar-refractivity contribution in [1.29, 1.82) is 0 Å². The van der Waals surface area contributed by atoms with Crippen LogP contribution in [0, 0.1) is 5.82 Å². The molecule has 3 aromatic rings. The van der Waals surface area contributed by atoms with Crippen molar-refractivity contribution < 1.29 is 8.81 Å². The number of nitrogens with one attached hydrogen (secondary N) is 1. The molecule has 0 spiro atoms. The lowest BCUT2D eigenvalue weighted by Gasteiger charge is -2.14. The number of hydrogen-bond acceptors (Lipinski definition) is 3. The summed E-state index contributed by atoms with van der Waals surface area (Å²) in [6.45, 7) is 3.04. The van der Waals surface area contributed by atoms with Crippen molar-refractivity contribution in [2.24, 2.45) is 0 Å². The molecule has 1 atom stereocenters. The first-order valence-corrected chi connectivity index (χ1v) is 7.55. The van der Waals surface area contributed by atoms with Crippen LogP contribution >= 0.6 is 11.3 Å². The van der Waals surface area contributed by atoms with Crippen molar-refractivity contribution in [3.05, 3.63) is 59.1 Å². The zero-order valence-corrected chi connectivity index (χ0v) is 12.0. The SMILES string of the molecule is CCCNC(c1ccco1)c1cc2cc(F)ccc2s1. The summed E-state index contributed by atoms with van der Waals surface area (Å²) in [4.78, 5) is 1.15. The average molecular weight is 289 g/mol. The molecule has 1 aromatic carbocycles. The maximum absolute atomic E-state index is 13.3. The smallest absolute Gasteiger partial charge is 0.126 e. The van der Waals surface area contributed by atoms with Crippen LogP contribution in [0.25, 0.3) is 10.1 Å². The van der Waals surface area contributed by atoms with Crippen molar-refractivity contribution in [2.75, 3.05) is 6.54 Å². The van der Waals surface area contributed by atoms with E-state index in [2.05, 4.69) is 12.2 Å². The summed E-state index contributed by atoms with van der Waals surface area (Å²) < 4.78 is 19.9. The first-order chi connectivity index (χ1) is 9.78. The zero-order valence-electron chi connectivity index (χ0n) is 11.2. The summed E-state index contributed by atoms with van der Waals surface area (Å²) in [5, 5.41) is 4.43. The molecule has 0 aliphatic carbocycles. The molecule has 1 unspecified atom stereocenters. The van der Waals surface area contributed by atoms with Crippen LogP contribution < -0.4 is 5.32 Å². The molecule has 1 N–H and O–H groups in total. The van der Waals surface area contributed by atoms with Gasteiger partial charge in [0.15, 0.2) is 0 Å². The van der Waals surface area contributed by atoms with Crippen LogP contribution in [-0.4, -0.2) is 6.54 Å². The van der Waals surface area contributed by atoms with E-state index in [1.54, 1.807) is 23.7 Å².